The summed E-state index contributed by atoms with van der Waals surface area (Å²) in [5.41, 5.74) is 0.909. The second kappa shape index (κ2) is 4.01. The highest BCUT2D eigenvalue weighted by atomic mass is 16.5. The summed E-state index contributed by atoms with van der Waals surface area (Å²) in [6, 6.07) is 7.78. The van der Waals surface area contributed by atoms with Gasteiger partial charge < -0.3 is 9.47 Å². The molecule has 1 aromatic carbocycles. The molecule has 0 aromatic heterocycles. The number of nitrogens with zero attached hydrogens (tertiary/aromatic N) is 1. The molecule has 72 valence electrons. The highest BCUT2D eigenvalue weighted by Crippen LogP contribution is 2.33. The fourth-order valence-corrected chi connectivity index (χ4v) is 1.48. The van der Waals surface area contributed by atoms with Crippen LogP contribution in [0.4, 0.5) is 0 Å². The zero-order valence-corrected chi connectivity index (χ0v) is 7.82. The zero-order chi connectivity index (χ0) is 9.80. The molecule has 0 N–H and O–H groups in total. The van der Waals surface area contributed by atoms with Gasteiger partial charge in [-0.15, -0.1) is 0 Å². The van der Waals surface area contributed by atoms with E-state index < -0.39 is 0 Å². The van der Waals surface area contributed by atoms with E-state index in [1.165, 1.54) is 0 Å². The lowest BCUT2D eigenvalue weighted by atomic mass is 10.1. The molecular formula is C11H11NO2. The molecular weight excluding hydrogens is 178 g/mol. The standard InChI is InChI=1S/C11H11NO2/c12-6-5-9-3-1-4-10-11(9)14-8-2-7-13-10/h1,3-4H,2,5,7-8H2. The van der Waals surface area contributed by atoms with E-state index in [9.17, 15) is 0 Å². The van der Waals surface area contributed by atoms with E-state index in [2.05, 4.69) is 6.07 Å². The van der Waals surface area contributed by atoms with Crippen LogP contribution in [0.2, 0.25) is 0 Å². The van der Waals surface area contributed by atoms with Crippen molar-refractivity contribution in [2.24, 2.45) is 0 Å². The SMILES string of the molecule is N#CCc1cccc2c1OCCCO2. The third-order valence-electron chi connectivity index (χ3n) is 2.12. The van der Waals surface area contributed by atoms with Gasteiger partial charge in [-0.1, -0.05) is 12.1 Å². The Kier molecular flexibility index (Phi) is 2.55. The smallest absolute Gasteiger partial charge is 0.165 e. The maximum atomic E-state index is 8.65. The number of benzene rings is 1. The van der Waals surface area contributed by atoms with Crippen molar-refractivity contribution < 1.29 is 9.47 Å². The largest absolute Gasteiger partial charge is 0.490 e. The van der Waals surface area contributed by atoms with Gasteiger partial charge in [0.2, 0.25) is 0 Å². The Bertz CT molecular complexity index is 368. The molecule has 0 spiro atoms. The molecule has 0 atom stereocenters. The molecule has 1 aliphatic rings. The molecule has 2 rings (SSSR count). The first-order chi connectivity index (χ1) is 6.92. The van der Waals surface area contributed by atoms with Crippen LogP contribution < -0.4 is 9.47 Å². The molecule has 1 heterocycles. The maximum absolute atomic E-state index is 8.65. The number of hydrogen-bond donors (Lipinski definition) is 0. The number of fused-ring (bicyclic) bond motifs is 1. The second-order valence-corrected chi connectivity index (χ2v) is 3.13. The first-order valence-electron chi connectivity index (χ1n) is 4.66. The van der Waals surface area contributed by atoms with Crippen LogP contribution >= 0.6 is 0 Å². The molecule has 1 aromatic rings. The fraction of sp³-hybridized carbons (Fsp3) is 0.364. The minimum Gasteiger partial charge on any atom is -0.490 e. The third kappa shape index (κ3) is 1.64. The van der Waals surface area contributed by atoms with Gasteiger partial charge in [-0.2, -0.15) is 5.26 Å². The summed E-state index contributed by atoms with van der Waals surface area (Å²) in [4.78, 5) is 0. The molecule has 0 saturated heterocycles. The topological polar surface area (TPSA) is 42.2 Å². The summed E-state index contributed by atoms with van der Waals surface area (Å²) in [6.45, 7) is 1.35. The van der Waals surface area contributed by atoms with Crippen molar-refractivity contribution in [1.82, 2.24) is 0 Å². The summed E-state index contributed by atoms with van der Waals surface area (Å²) in [7, 11) is 0. The first-order valence-corrected chi connectivity index (χ1v) is 4.66. The molecule has 3 heteroatoms. The molecule has 0 radical (unpaired) electrons. The van der Waals surface area contributed by atoms with Gasteiger partial charge in [-0.3, -0.25) is 0 Å². The Labute approximate surface area is 82.9 Å². The van der Waals surface area contributed by atoms with Gasteiger partial charge >= 0.3 is 0 Å². The lowest BCUT2D eigenvalue weighted by molar-refractivity contribution is 0.296. The van der Waals surface area contributed by atoms with Gasteiger partial charge in [-0.25, -0.2) is 0 Å². The van der Waals surface area contributed by atoms with Gasteiger partial charge in [0.1, 0.15) is 0 Å². The van der Waals surface area contributed by atoms with Crippen LogP contribution in [-0.4, -0.2) is 13.2 Å². The van der Waals surface area contributed by atoms with E-state index >= 15 is 0 Å². The Hall–Kier alpha value is -1.69. The summed E-state index contributed by atoms with van der Waals surface area (Å²) < 4.78 is 11.1. The predicted octanol–water partition coefficient (Wildman–Crippen LogP) is 1.91. The average molecular weight is 189 g/mol. The zero-order valence-electron chi connectivity index (χ0n) is 7.82. The molecule has 0 bridgehead atoms. The van der Waals surface area contributed by atoms with Gasteiger partial charge in [0.15, 0.2) is 11.5 Å². The summed E-state index contributed by atoms with van der Waals surface area (Å²) in [5, 5.41) is 8.65. The number of ether oxygens (including phenoxy) is 2. The van der Waals surface area contributed by atoms with Gasteiger partial charge in [0.25, 0.3) is 0 Å². The van der Waals surface area contributed by atoms with E-state index in [-0.39, 0.29) is 0 Å². The lowest BCUT2D eigenvalue weighted by Gasteiger charge is -2.09. The molecule has 0 amide bonds. The van der Waals surface area contributed by atoms with Crippen molar-refractivity contribution in [3.63, 3.8) is 0 Å². The Morgan fingerprint density at radius 2 is 2.14 bits per heavy atom. The summed E-state index contributed by atoms with van der Waals surface area (Å²) in [6.07, 6.45) is 1.26. The molecule has 0 aliphatic carbocycles. The number of rotatable bonds is 1. The quantitative estimate of drug-likeness (QED) is 0.677. The predicted molar refractivity (Wildman–Crippen MR) is 51.4 cm³/mol. The Morgan fingerprint density at radius 3 is 3.00 bits per heavy atom. The normalized spacial score (nSPS) is 14.2. The maximum Gasteiger partial charge on any atom is 0.165 e. The van der Waals surface area contributed by atoms with Crippen molar-refractivity contribution in [2.75, 3.05) is 13.2 Å². The molecule has 0 fully saturated rings. The van der Waals surface area contributed by atoms with Crippen molar-refractivity contribution in [3.8, 4) is 17.6 Å². The van der Waals surface area contributed by atoms with Crippen LogP contribution in [0, 0.1) is 11.3 Å². The van der Waals surface area contributed by atoms with Crippen molar-refractivity contribution >= 4 is 0 Å². The summed E-state index contributed by atoms with van der Waals surface area (Å²) in [5.74, 6) is 1.50. The van der Waals surface area contributed by atoms with Crippen LogP contribution in [-0.2, 0) is 6.42 Å². The van der Waals surface area contributed by atoms with Gasteiger partial charge in [0, 0.05) is 12.0 Å². The summed E-state index contributed by atoms with van der Waals surface area (Å²) >= 11 is 0. The molecule has 3 nitrogen and oxygen atoms in total. The third-order valence-corrected chi connectivity index (χ3v) is 2.12. The highest BCUT2D eigenvalue weighted by Gasteiger charge is 2.13. The number of para-hydroxylation sites is 1. The van der Waals surface area contributed by atoms with Crippen molar-refractivity contribution in [3.05, 3.63) is 23.8 Å². The van der Waals surface area contributed by atoms with Crippen molar-refractivity contribution in [1.29, 1.82) is 5.26 Å². The van der Waals surface area contributed by atoms with Crippen LogP contribution in [0.1, 0.15) is 12.0 Å². The van der Waals surface area contributed by atoms with Crippen LogP contribution in [0.5, 0.6) is 11.5 Å². The molecule has 1 aliphatic heterocycles. The minimum absolute atomic E-state index is 0.368. The van der Waals surface area contributed by atoms with E-state index in [0.29, 0.717) is 19.6 Å². The minimum atomic E-state index is 0.368. The van der Waals surface area contributed by atoms with E-state index in [1.807, 2.05) is 18.2 Å². The Morgan fingerprint density at radius 1 is 1.29 bits per heavy atom. The highest BCUT2D eigenvalue weighted by molar-refractivity contribution is 5.47. The van der Waals surface area contributed by atoms with Gasteiger partial charge in [0.05, 0.1) is 25.7 Å². The monoisotopic (exact) mass is 189 g/mol. The van der Waals surface area contributed by atoms with Crippen LogP contribution in [0.3, 0.4) is 0 Å². The first kappa shape index (κ1) is 8.89. The molecule has 0 saturated carbocycles. The molecule has 14 heavy (non-hydrogen) atoms. The average Bonchev–Trinajstić information content (AvgIpc) is 2.44. The van der Waals surface area contributed by atoms with Gasteiger partial charge in [-0.05, 0) is 6.07 Å². The van der Waals surface area contributed by atoms with E-state index in [1.54, 1.807) is 0 Å². The number of nitriles is 1. The van der Waals surface area contributed by atoms with E-state index in [0.717, 1.165) is 23.5 Å². The fourth-order valence-electron chi connectivity index (χ4n) is 1.48. The second-order valence-electron chi connectivity index (χ2n) is 3.13. The lowest BCUT2D eigenvalue weighted by Crippen LogP contribution is -1.98. The number of hydrogen-bond acceptors (Lipinski definition) is 3. The van der Waals surface area contributed by atoms with Crippen molar-refractivity contribution in [2.45, 2.75) is 12.8 Å². The van der Waals surface area contributed by atoms with E-state index in [4.69, 9.17) is 14.7 Å². The Balaban J connectivity index is 2.38. The van der Waals surface area contributed by atoms with Crippen LogP contribution in [0.25, 0.3) is 0 Å². The molecule has 0 unspecified atom stereocenters. The van der Waals surface area contributed by atoms with Crippen LogP contribution in [0.15, 0.2) is 18.2 Å².